The number of nitrogens with one attached hydrogen (secondary N) is 1. The van der Waals surface area contributed by atoms with Crippen LogP contribution in [0.3, 0.4) is 0 Å². The van der Waals surface area contributed by atoms with Crippen molar-refractivity contribution in [2.75, 3.05) is 43.0 Å². The Hall–Kier alpha value is -2.83. The van der Waals surface area contributed by atoms with Crippen molar-refractivity contribution < 1.29 is 9.53 Å². The molecule has 1 aromatic carbocycles. The maximum atomic E-state index is 10.9. The fourth-order valence-corrected chi connectivity index (χ4v) is 2.82. The molecule has 0 spiro atoms. The first-order valence-corrected chi connectivity index (χ1v) is 8.48. The van der Waals surface area contributed by atoms with Crippen LogP contribution < -0.4 is 15.0 Å². The second-order valence-electron chi connectivity index (χ2n) is 5.84. The van der Waals surface area contributed by atoms with Gasteiger partial charge in [0.2, 0.25) is 6.41 Å². The van der Waals surface area contributed by atoms with E-state index < -0.39 is 0 Å². The van der Waals surface area contributed by atoms with Gasteiger partial charge < -0.3 is 19.9 Å². The summed E-state index contributed by atoms with van der Waals surface area (Å²) in [6, 6.07) is 9.73. The second kappa shape index (κ2) is 7.83. The molecule has 7 nitrogen and oxygen atoms in total. The molecule has 2 aromatic rings. The first kappa shape index (κ1) is 17.0. The molecule has 1 fully saturated rings. The Morgan fingerprint density at radius 1 is 1.20 bits per heavy atom. The third kappa shape index (κ3) is 4.17. The highest BCUT2D eigenvalue weighted by Crippen LogP contribution is 2.28. The van der Waals surface area contributed by atoms with E-state index in [2.05, 4.69) is 20.2 Å². The topological polar surface area (TPSA) is 70.6 Å². The summed E-state index contributed by atoms with van der Waals surface area (Å²) in [5.74, 6) is 3.09. The standard InChI is InChI=1S/C18H23N5O2/c1-3-25-16-7-5-4-6-15(16)21-17-12-18(20-14(2)19-17)23-10-8-22(13-24)9-11-23/h4-7,12-13H,3,8-11H2,1-2H3,(H,19,20,21). The molecule has 1 aromatic heterocycles. The number of benzene rings is 1. The minimum absolute atomic E-state index is 0.605. The molecule has 0 unspecified atom stereocenters. The zero-order chi connectivity index (χ0) is 17.6. The molecule has 1 aliphatic rings. The minimum Gasteiger partial charge on any atom is -0.492 e. The largest absolute Gasteiger partial charge is 0.492 e. The van der Waals surface area contributed by atoms with Gasteiger partial charge in [0.25, 0.3) is 0 Å². The van der Waals surface area contributed by atoms with Crippen LogP contribution in [-0.4, -0.2) is 54.1 Å². The molecule has 1 aliphatic heterocycles. The number of hydrogen-bond acceptors (Lipinski definition) is 6. The third-order valence-electron chi connectivity index (χ3n) is 4.06. The Kier molecular flexibility index (Phi) is 5.33. The van der Waals surface area contributed by atoms with Crippen LogP contribution in [0, 0.1) is 6.92 Å². The average molecular weight is 341 g/mol. The van der Waals surface area contributed by atoms with E-state index in [0.717, 1.165) is 42.6 Å². The normalized spacial score (nSPS) is 14.3. The molecule has 132 valence electrons. The predicted octanol–water partition coefficient (Wildman–Crippen LogP) is 2.21. The summed E-state index contributed by atoms with van der Waals surface area (Å²) in [6.45, 7) is 7.40. The molecule has 3 rings (SSSR count). The highest BCUT2D eigenvalue weighted by Gasteiger charge is 2.18. The Labute approximate surface area is 147 Å². The van der Waals surface area contributed by atoms with Crippen molar-refractivity contribution in [1.29, 1.82) is 0 Å². The summed E-state index contributed by atoms with van der Waals surface area (Å²) in [5.41, 5.74) is 0.874. The van der Waals surface area contributed by atoms with Gasteiger partial charge in [-0.2, -0.15) is 0 Å². The average Bonchev–Trinajstić information content (AvgIpc) is 2.63. The van der Waals surface area contributed by atoms with E-state index >= 15 is 0 Å². The fourth-order valence-electron chi connectivity index (χ4n) is 2.82. The minimum atomic E-state index is 0.605. The lowest BCUT2D eigenvalue weighted by Crippen LogP contribution is -2.46. The van der Waals surface area contributed by atoms with Gasteiger partial charge in [-0.15, -0.1) is 0 Å². The lowest BCUT2D eigenvalue weighted by Gasteiger charge is -2.33. The monoisotopic (exact) mass is 341 g/mol. The van der Waals surface area contributed by atoms with Crippen LogP contribution in [0.1, 0.15) is 12.7 Å². The lowest BCUT2D eigenvalue weighted by atomic mass is 10.3. The molecule has 7 heteroatoms. The number of rotatable bonds is 6. The molecule has 1 saturated heterocycles. The summed E-state index contributed by atoms with van der Waals surface area (Å²) >= 11 is 0. The zero-order valence-electron chi connectivity index (χ0n) is 14.6. The van der Waals surface area contributed by atoms with Gasteiger partial charge in [0.1, 0.15) is 23.2 Å². The molecule has 2 heterocycles. The third-order valence-corrected chi connectivity index (χ3v) is 4.06. The maximum Gasteiger partial charge on any atom is 0.209 e. The Balaban J connectivity index is 1.79. The number of piperazine rings is 1. The van der Waals surface area contributed by atoms with Gasteiger partial charge in [0, 0.05) is 32.2 Å². The highest BCUT2D eigenvalue weighted by atomic mass is 16.5. The molecule has 0 bridgehead atoms. The van der Waals surface area contributed by atoms with Crippen molar-refractivity contribution in [3.8, 4) is 5.75 Å². The zero-order valence-corrected chi connectivity index (χ0v) is 14.6. The predicted molar refractivity (Wildman–Crippen MR) is 97.5 cm³/mol. The Morgan fingerprint density at radius 3 is 2.68 bits per heavy atom. The Morgan fingerprint density at radius 2 is 1.96 bits per heavy atom. The van der Waals surface area contributed by atoms with Crippen LogP contribution >= 0.6 is 0 Å². The van der Waals surface area contributed by atoms with Crippen molar-refractivity contribution in [2.45, 2.75) is 13.8 Å². The molecule has 0 aliphatic carbocycles. The van der Waals surface area contributed by atoms with E-state index in [0.29, 0.717) is 25.5 Å². The number of carbonyl (C=O) groups is 1. The number of carbonyl (C=O) groups excluding carboxylic acids is 1. The molecule has 0 saturated carbocycles. The fraction of sp³-hybridized carbons (Fsp3) is 0.389. The molecule has 25 heavy (non-hydrogen) atoms. The first-order valence-electron chi connectivity index (χ1n) is 8.48. The van der Waals surface area contributed by atoms with Gasteiger partial charge in [0.05, 0.1) is 12.3 Å². The van der Waals surface area contributed by atoms with Gasteiger partial charge in [-0.25, -0.2) is 9.97 Å². The quantitative estimate of drug-likeness (QED) is 0.812. The molecule has 1 N–H and O–H groups in total. The number of ether oxygens (including phenoxy) is 1. The van der Waals surface area contributed by atoms with Crippen molar-refractivity contribution in [1.82, 2.24) is 14.9 Å². The van der Waals surface area contributed by atoms with Gasteiger partial charge in [0.15, 0.2) is 0 Å². The molecule has 1 amide bonds. The van der Waals surface area contributed by atoms with Crippen LogP contribution in [0.15, 0.2) is 30.3 Å². The van der Waals surface area contributed by atoms with E-state index in [1.807, 2.05) is 44.2 Å². The van der Waals surface area contributed by atoms with Gasteiger partial charge in [-0.3, -0.25) is 4.79 Å². The summed E-state index contributed by atoms with van der Waals surface area (Å²) < 4.78 is 5.66. The highest BCUT2D eigenvalue weighted by molar-refractivity contribution is 5.66. The van der Waals surface area contributed by atoms with Crippen molar-refractivity contribution in [3.63, 3.8) is 0 Å². The number of amides is 1. The molecule has 0 radical (unpaired) electrons. The number of anilines is 3. The van der Waals surface area contributed by atoms with E-state index in [4.69, 9.17) is 4.74 Å². The van der Waals surface area contributed by atoms with Crippen molar-refractivity contribution in [2.24, 2.45) is 0 Å². The number of aryl methyl sites for hydroxylation is 1. The van der Waals surface area contributed by atoms with E-state index in [1.54, 1.807) is 4.90 Å². The first-order chi connectivity index (χ1) is 12.2. The number of aromatic nitrogens is 2. The molecular formula is C18H23N5O2. The smallest absolute Gasteiger partial charge is 0.209 e. The van der Waals surface area contributed by atoms with Gasteiger partial charge in [-0.05, 0) is 26.0 Å². The lowest BCUT2D eigenvalue weighted by molar-refractivity contribution is -0.118. The van der Waals surface area contributed by atoms with E-state index in [9.17, 15) is 4.79 Å². The van der Waals surface area contributed by atoms with Crippen LogP contribution in [0.4, 0.5) is 17.3 Å². The SMILES string of the molecule is CCOc1ccccc1Nc1cc(N2CCN(C=O)CC2)nc(C)n1. The van der Waals surface area contributed by atoms with Crippen LogP contribution in [0.25, 0.3) is 0 Å². The molecular weight excluding hydrogens is 318 g/mol. The Bertz CT molecular complexity index is 729. The van der Waals surface area contributed by atoms with E-state index in [1.165, 1.54) is 0 Å². The summed E-state index contributed by atoms with van der Waals surface area (Å²) in [6.07, 6.45) is 0.903. The number of nitrogens with zero attached hydrogens (tertiary/aromatic N) is 4. The number of hydrogen-bond donors (Lipinski definition) is 1. The van der Waals surface area contributed by atoms with Crippen molar-refractivity contribution >= 4 is 23.7 Å². The summed E-state index contributed by atoms with van der Waals surface area (Å²) in [7, 11) is 0. The molecule has 0 atom stereocenters. The summed E-state index contributed by atoms with van der Waals surface area (Å²) in [5, 5.41) is 3.33. The summed E-state index contributed by atoms with van der Waals surface area (Å²) in [4.78, 5) is 23.8. The van der Waals surface area contributed by atoms with Crippen molar-refractivity contribution in [3.05, 3.63) is 36.2 Å². The number of para-hydroxylation sites is 2. The van der Waals surface area contributed by atoms with Gasteiger partial charge in [-0.1, -0.05) is 12.1 Å². The van der Waals surface area contributed by atoms with Crippen LogP contribution in [0.2, 0.25) is 0 Å². The second-order valence-corrected chi connectivity index (χ2v) is 5.84. The van der Waals surface area contributed by atoms with Crippen LogP contribution in [0.5, 0.6) is 5.75 Å². The maximum absolute atomic E-state index is 10.9. The van der Waals surface area contributed by atoms with E-state index in [-0.39, 0.29) is 0 Å². The van der Waals surface area contributed by atoms with Crippen LogP contribution in [-0.2, 0) is 4.79 Å². The van der Waals surface area contributed by atoms with Gasteiger partial charge >= 0.3 is 0 Å².